The maximum absolute atomic E-state index is 13.4. The zero-order chi connectivity index (χ0) is 31.4. The van der Waals surface area contributed by atoms with Gasteiger partial charge >= 0.3 is 6.36 Å². The summed E-state index contributed by atoms with van der Waals surface area (Å²) < 4.78 is 49.4. The smallest absolute Gasteiger partial charge is 0.476 e. The van der Waals surface area contributed by atoms with Crippen molar-refractivity contribution in [3.63, 3.8) is 0 Å². The lowest BCUT2D eigenvalue weighted by atomic mass is 9.93. The second kappa shape index (κ2) is 11.0. The van der Waals surface area contributed by atoms with Gasteiger partial charge in [0, 0.05) is 17.1 Å². The number of benzene rings is 1. The summed E-state index contributed by atoms with van der Waals surface area (Å²) in [7, 11) is 0. The van der Waals surface area contributed by atoms with Gasteiger partial charge in [-0.1, -0.05) is 17.7 Å². The van der Waals surface area contributed by atoms with Crippen molar-refractivity contribution in [2.75, 3.05) is 11.5 Å². The van der Waals surface area contributed by atoms with E-state index in [4.69, 9.17) is 22.1 Å². The average Bonchev–Trinajstić information content (AvgIpc) is 3.68. The first-order valence-corrected chi connectivity index (χ1v) is 14.3. The van der Waals surface area contributed by atoms with Gasteiger partial charge in [-0.2, -0.15) is 5.10 Å². The van der Waals surface area contributed by atoms with E-state index in [0.717, 1.165) is 12.8 Å². The van der Waals surface area contributed by atoms with Crippen LogP contribution in [0, 0.1) is 5.92 Å². The van der Waals surface area contributed by atoms with Crippen LogP contribution in [-0.4, -0.2) is 50.1 Å². The van der Waals surface area contributed by atoms with Crippen LogP contribution in [0.3, 0.4) is 0 Å². The van der Waals surface area contributed by atoms with Gasteiger partial charge in [-0.15, -0.1) is 13.2 Å². The van der Waals surface area contributed by atoms with Crippen molar-refractivity contribution in [3.8, 4) is 16.9 Å². The lowest BCUT2D eigenvalue weighted by Gasteiger charge is -2.39. The highest BCUT2D eigenvalue weighted by molar-refractivity contribution is 6.30. The maximum Gasteiger partial charge on any atom is 0.522 e. The number of hydrogen-bond acceptors (Lipinski definition) is 7. The number of pyridine rings is 2. The molecule has 1 fully saturated rings. The Bertz CT molecular complexity index is 1770. The van der Waals surface area contributed by atoms with Crippen LogP contribution in [0.4, 0.5) is 18.9 Å². The Kier molecular flexibility index (Phi) is 7.49. The molecule has 4 aromatic rings. The van der Waals surface area contributed by atoms with Crippen molar-refractivity contribution in [1.82, 2.24) is 19.7 Å². The minimum absolute atomic E-state index is 0.166. The van der Waals surface area contributed by atoms with Crippen LogP contribution in [0.15, 0.2) is 42.7 Å². The normalized spacial score (nSPS) is 16.2. The Balaban J connectivity index is 1.47. The first-order valence-electron chi connectivity index (χ1n) is 14.0. The Morgan fingerprint density at radius 2 is 1.98 bits per heavy atom. The number of halogens is 4. The third-order valence-electron chi connectivity index (χ3n) is 7.63. The topological polar surface area (TPSA) is 125 Å². The highest BCUT2D eigenvalue weighted by Gasteiger charge is 2.41. The standard InChI is InChI=1S/C30H28ClF3N6O4/c1-29(2)28(42)39(15-19-7-6-18(31)13-36-19)22-8-5-17(12-23(22)44-29)24-20-14-37-40(9-10-43-30(32,33)34)27(20)38-21(11-16-3-4-16)25(24)26(35)41/h5-8,12-14,16H,3-4,9-11,15H2,1-2H3,(H2,35,41). The molecule has 0 atom stereocenters. The van der Waals surface area contributed by atoms with Crippen LogP contribution < -0.4 is 15.4 Å². The highest BCUT2D eigenvalue weighted by atomic mass is 35.5. The van der Waals surface area contributed by atoms with Crippen molar-refractivity contribution >= 4 is 40.1 Å². The van der Waals surface area contributed by atoms with E-state index in [2.05, 4.69) is 19.8 Å². The Morgan fingerprint density at radius 3 is 2.64 bits per heavy atom. The fraction of sp³-hybridized carbons (Fsp3) is 0.367. The van der Waals surface area contributed by atoms with Crippen LogP contribution >= 0.6 is 11.6 Å². The molecule has 2 aliphatic rings. The molecule has 0 spiro atoms. The Labute approximate surface area is 254 Å². The fourth-order valence-electron chi connectivity index (χ4n) is 5.40. The molecule has 1 aliphatic heterocycles. The van der Waals surface area contributed by atoms with Crippen LogP contribution in [-0.2, 0) is 29.0 Å². The molecule has 10 nitrogen and oxygen atoms in total. The van der Waals surface area contributed by atoms with Gasteiger partial charge in [0.25, 0.3) is 11.8 Å². The molecule has 2 amide bonds. The third kappa shape index (κ3) is 5.93. The SMILES string of the molecule is CC1(C)Oc2cc(-c3c(C(N)=O)c(CC4CC4)nc4c3cnn4CCOC(F)(F)F)ccc2N(Cc2ccc(Cl)cn2)C1=O. The summed E-state index contributed by atoms with van der Waals surface area (Å²) in [5, 5.41) is 5.18. The Hall–Kier alpha value is -4.23. The van der Waals surface area contributed by atoms with Crippen molar-refractivity contribution in [3.05, 3.63) is 64.7 Å². The minimum Gasteiger partial charge on any atom is -0.476 e. The highest BCUT2D eigenvalue weighted by Crippen LogP contribution is 2.44. The number of nitrogens with two attached hydrogens (primary N) is 1. The van der Waals surface area contributed by atoms with Gasteiger partial charge in [0.05, 0.1) is 53.6 Å². The fourth-order valence-corrected chi connectivity index (χ4v) is 5.51. The van der Waals surface area contributed by atoms with Crippen molar-refractivity contribution < 1.29 is 32.2 Å². The van der Waals surface area contributed by atoms with E-state index in [1.165, 1.54) is 17.1 Å². The summed E-state index contributed by atoms with van der Waals surface area (Å²) in [6.45, 7) is 2.60. The van der Waals surface area contributed by atoms with E-state index in [1.54, 1.807) is 49.1 Å². The van der Waals surface area contributed by atoms with Gasteiger partial charge in [0.2, 0.25) is 0 Å². The molecule has 1 aliphatic carbocycles. The minimum atomic E-state index is -4.78. The van der Waals surface area contributed by atoms with E-state index in [9.17, 15) is 22.8 Å². The average molecular weight is 629 g/mol. The predicted octanol–water partition coefficient (Wildman–Crippen LogP) is 5.44. The zero-order valence-corrected chi connectivity index (χ0v) is 24.6. The number of rotatable bonds is 9. The van der Waals surface area contributed by atoms with Gasteiger partial charge in [-0.05, 0) is 68.9 Å². The second-order valence-electron chi connectivity index (χ2n) is 11.4. The molecule has 2 N–H and O–H groups in total. The summed E-state index contributed by atoms with van der Waals surface area (Å²) in [6.07, 6.45) is 0.598. The summed E-state index contributed by atoms with van der Waals surface area (Å²) in [6, 6.07) is 8.60. The molecule has 3 aromatic heterocycles. The molecule has 6 rings (SSSR count). The summed E-state index contributed by atoms with van der Waals surface area (Å²) in [5.41, 5.74) is 7.78. The molecule has 1 saturated carbocycles. The zero-order valence-electron chi connectivity index (χ0n) is 23.8. The number of alkyl halides is 3. The number of carbonyl (C=O) groups excluding carboxylic acids is 2. The van der Waals surface area contributed by atoms with Crippen LogP contribution in [0.5, 0.6) is 5.75 Å². The van der Waals surface area contributed by atoms with E-state index in [0.29, 0.717) is 62.3 Å². The number of amides is 2. The lowest BCUT2D eigenvalue weighted by molar-refractivity contribution is -0.325. The number of primary amides is 1. The van der Waals surface area contributed by atoms with E-state index in [1.807, 2.05) is 0 Å². The molecule has 0 unspecified atom stereocenters. The summed E-state index contributed by atoms with van der Waals surface area (Å²) in [4.78, 5) is 37.0. The van der Waals surface area contributed by atoms with E-state index in [-0.39, 0.29) is 24.6 Å². The quantitative estimate of drug-likeness (QED) is 0.262. The van der Waals surface area contributed by atoms with Crippen LogP contribution in [0.2, 0.25) is 5.02 Å². The molecule has 1 aromatic carbocycles. The number of ether oxygens (including phenoxy) is 2. The summed E-state index contributed by atoms with van der Waals surface area (Å²) >= 11 is 5.99. The molecule has 14 heteroatoms. The van der Waals surface area contributed by atoms with Crippen LogP contribution in [0.25, 0.3) is 22.2 Å². The second-order valence-corrected chi connectivity index (χ2v) is 11.8. The molecular formula is C30H28ClF3N6O4. The van der Waals surface area contributed by atoms with Crippen molar-refractivity contribution in [2.45, 2.75) is 58.2 Å². The van der Waals surface area contributed by atoms with Gasteiger partial charge in [-0.3, -0.25) is 24.2 Å². The van der Waals surface area contributed by atoms with Crippen molar-refractivity contribution in [1.29, 1.82) is 0 Å². The molecular weight excluding hydrogens is 601 g/mol. The molecule has 0 bridgehead atoms. The lowest BCUT2D eigenvalue weighted by Crippen LogP contribution is -2.52. The number of aromatic nitrogens is 4. The first-order chi connectivity index (χ1) is 20.8. The van der Waals surface area contributed by atoms with Crippen molar-refractivity contribution in [2.24, 2.45) is 11.7 Å². The van der Waals surface area contributed by atoms with Crippen LogP contribution in [0.1, 0.15) is 48.4 Å². The van der Waals surface area contributed by atoms with E-state index < -0.39 is 24.5 Å². The number of fused-ring (bicyclic) bond motifs is 2. The number of nitrogens with zero attached hydrogens (tertiary/aromatic N) is 5. The Morgan fingerprint density at radius 1 is 1.20 bits per heavy atom. The maximum atomic E-state index is 13.4. The number of hydrogen-bond donors (Lipinski definition) is 1. The molecule has 230 valence electrons. The number of carbonyl (C=O) groups is 2. The number of anilines is 1. The summed E-state index contributed by atoms with van der Waals surface area (Å²) in [5.74, 6) is -0.254. The first kappa shape index (κ1) is 29.8. The predicted molar refractivity (Wildman–Crippen MR) is 155 cm³/mol. The van der Waals surface area contributed by atoms with Gasteiger partial charge < -0.3 is 10.5 Å². The third-order valence-corrected chi connectivity index (χ3v) is 7.85. The molecule has 0 radical (unpaired) electrons. The molecule has 4 heterocycles. The van der Waals surface area contributed by atoms with Gasteiger partial charge in [-0.25, -0.2) is 9.67 Å². The largest absolute Gasteiger partial charge is 0.522 e. The monoisotopic (exact) mass is 628 g/mol. The van der Waals surface area contributed by atoms with Gasteiger partial charge in [0.1, 0.15) is 5.75 Å². The van der Waals surface area contributed by atoms with Gasteiger partial charge in [0.15, 0.2) is 11.2 Å². The molecule has 44 heavy (non-hydrogen) atoms. The molecule has 0 saturated heterocycles. The van der Waals surface area contributed by atoms with E-state index >= 15 is 0 Å².